The third-order valence-corrected chi connectivity index (χ3v) is 7.00. The van der Waals surface area contributed by atoms with Gasteiger partial charge in [-0.15, -0.1) is 0 Å². The number of rotatable bonds is 5. The number of hydrogen-bond acceptors (Lipinski definition) is 2. The number of carbonyl (C=O) groups excluding carboxylic acids is 1. The van der Waals surface area contributed by atoms with Crippen molar-refractivity contribution in [2.45, 2.75) is 38.6 Å². The molecule has 0 saturated carbocycles. The van der Waals surface area contributed by atoms with Gasteiger partial charge in [-0.05, 0) is 68.3 Å². The van der Waals surface area contributed by atoms with Gasteiger partial charge in [-0.1, -0.05) is 42.5 Å². The molecule has 2 heterocycles. The fourth-order valence-corrected chi connectivity index (χ4v) is 5.40. The van der Waals surface area contributed by atoms with Crippen molar-refractivity contribution in [3.05, 3.63) is 71.4 Å². The summed E-state index contributed by atoms with van der Waals surface area (Å²) in [5.41, 5.74) is 4.78. The van der Waals surface area contributed by atoms with E-state index in [-0.39, 0.29) is 5.91 Å². The molecule has 0 spiro atoms. The van der Waals surface area contributed by atoms with Gasteiger partial charge in [0, 0.05) is 36.6 Å². The molecule has 1 unspecified atom stereocenters. The molecule has 0 radical (unpaired) electrons. The lowest BCUT2D eigenvalue weighted by atomic mass is 9.95. The minimum atomic E-state index is 0.124. The number of fused-ring (bicyclic) bond motifs is 2. The zero-order valence-corrected chi connectivity index (χ0v) is 17.8. The van der Waals surface area contributed by atoms with Crippen LogP contribution < -0.4 is 0 Å². The lowest BCUT2D eigenvalue weighted by molar-refractivity contribution is 0.0650. The maximum atomic E-state index is 13.2. The van der Waals surface area contributed by atoms with Crippen molar-refractivity contribution in [3.8, 4) is 0 Å². The molecule has 2 aromatic carbocycles. The van der Waals surface area contributed by atoms with Gasteiger partial charge in [0.15, 0.2) is 0 Å². The van der Waals surface area contributed by atoms with Crippen LogP contribution in [0.3, 0.4) is 0 Å². The SMILES string of the molecule is CCN(CC1CCCN(C2Cc3ccccc3C2)C1)C(=O)c1cc2ccccc2[nH]1. The number of likely N-dealkylation sites (tertiary alicyclic amines) is 1. The lowest BCUT2D eigenvalue weighted by Crippen LogP contribution is -2.47. The van der Waals surface area contributed by atoms with Crippen LogP contribution in [0.5, 0.6) is 0 Å². The molecule has 1 atom stereocenters. The molecular weight excluding hydrogens is 370 g/mol. The van der Waals surface area contributed by atoms with Crippen LogP contribution in [0.25, 0.3) is 10.9 Å². The molecule has 1 fully saturated rings. The molecule has 1 aliphatic heterocycles. The van der Waals surface area contributed by atoms with Crippen LogP contribution in [0.4, 0.5) is 0 Å². The minimum absolute atomic E-state index is 0.124. The van der Waals surface area contributed by atoms with Gasteiger partial charge in [-0.3, -0.25) is 9.69 Å². The highest BCUT2D eigenvalue weighted by Gasteiger charge is 2.31. The molecule has 2 aliphatic rings. The van der Waals surface area contributed by atoms with Gasteiger partial charge in [0.1, 0.15) is 5.69 Å². The molecule has 5 rings (SSSR count). The Kier molecular flexibility index (Phi) is 5.34. The highest BCUT2D eigenvalue weighted by Crippen LogP contribution is 2.29. The molecule has 1 amide bonds. The number of amides is 1. The van der Waals surface area contributed by atoms with E-state index in [9.17, 15) is 4.79 Å². The average molecular weight is 402 g/mol. The smallest absolute Gasteiger partial charge is 0.270 e. The van der Waals surface area contributed by atoms with E-state index in [2.05, 4.69) is 47.1 Å². The number of para-hydroxylation sites is 1. The quantitative estimate of drug-likeness (QED) is 0.683. The lowest BCUT2D eigenvalue weighted by Gasteiger charge is -2.38. The summed E-state index contributed by atoms with van der Waals surface area (Å²) in [5.74, 6) is 0.676. The highest BCUT2D eigenvalue weighted by molar-refractivity contribution is 5.98. The summed E-state index contributed by atoms with van der Waals surface area (Å²) < 4.78 is 0. The van der Waals surface area contributed by atoms with E-state index in [4.69, 9.17) is 0 Å². The van der Waals surface area contributed by atoms with E-state index in [0.717, 1.165) is 30.5 Å². The Balaban J connectivity index is 1.24. The van der Waals surface area contributed by atoms with Gasteiger partial charge < -0.3 is 9.88 Å². The Hall–Kier alpha value is -2.59. The first-order valence-corrected chi connectivity index (χ1v) is 11.4. The molecule has 0 bridgehead atoms. The van der Waals surface area contributed by atoms with E-state index in [1.807, 2.05) is 29.2 Å². The van der Waals surface area contributed by atoms with E-state index in [1.165, 1.54) is 43.4 Å². The summed E-state index contributed by atoms with van der Waals surface area (Å²) in [6.45, 7) is 5.99. The third-order valence-electron chi connectivity index (χ3n) is 7.00. The monoisotopic (exact) mass is 401 g/mol. The number of aromatic amines is 1. The number of nitrogens with zero attached hydrogens (tertiary/aromatic N) is 2. The summed E-state index contributed by atoms with van der Waals surface area (Å²) in [6.07, 6.45) is 4.80. The number of nitrogens with one attached hydrogen (secondary N) is 1. The number of hydrogen-bond donors (Lipinski definition) is 1. The number of carbonyl (C=O) groups is 1. The molecule has 156 valence electrons. The molecule has 4 heteroatoms. The maximum Gasteiger partial charge on any atom is 0.270 e. The molecule has 4 nitrogen and oxygen atoms in total. The Labute approximate surface area is 178 Å². The Morgan fingerprint density at radius 3 is 2.57 bits per heavy atom. The first-order chi connectivity index (χ1) is 14.7. The van der Waals surface area contributed by atoms with Crippen LogP contribution in [-0.2, 0) is 12.8 Å². The average Bonchev–Trinajstić information content (AvgIpc) is 3.41. The van der Waals surface area contributed by atoms with Crippen molar-refractivity contribution < 1.29 is 4.79 Å². The summed E-state index contributed by atoms with van der Waals surface area (Å²) in [5, 5.41) is 1.10. The summed E-state index contributed by atoms with van der Waals surface area (Å²) >= 11 is 0. The molecule has 1 N–H and O–H groups in total. The standard InChI is InChI=1S/C26H31N3O/c1-2-28(26(30)25-16-22-11-5-6-12-24(22)27-25)17-19-8-7-13-29(18-19)23-14-20-9-3-4-10-21(20)15-23/h3-6,9-12,16,19,23,27H,2,7-8,13-15,17-18H2,1H3. The highest BCUT2D eigenvalue weighted by atomic mass is 16.2. The summed E-state index contributed by atoms with van der Waals surface area (Å²) in [6, 6.07) is 19.6. The van der Waals surface area contributed by atoms with Crippen LogP contribution in [0.15, 0.2) is 54.6 Å². The van der Waals surface area contributed by atoms with Crippen molar-refractivity contribution in [3.63, 3.8) is 0 Å². The second-order valence-corrected chi connectivity index (χ2v) is 8.95. The van der Waals surface area contributed by atoms with Gasteiger partial charge in [0.25, 0.3) is 5.91 Å². The predicted molar refractivity (Wildman–Crippen MR) is 122 cm³/mol. The van der Waals surface area contributed by atoms with Crippen LogP contribution in [0.1, 0.15) is 41.4 Å². The fourth-order valence-electron chi connectivity index (χ4n) is 5.40. The van der Waals surface area contributed by atoms with Crippen molar-refractivity contribution >= 4 is 16.8 Å². The maximum absolute atomic E-state index is 13.2. The number of H-pyrrole nitrogens is 1. The molecule has 1 aromatic heterocycles. The predicted octanol–water partition coefficient (Wildman–Crippen LogP) is 4.51. The van der Waals surface area contributed by atoms with Gasteiger partial charge in [-0.25, -0.2) is 0 Å². The molecule has 1 aliphatic carbocycles. The number of aromatic nitrogens is 1. The molecule has 30 heavy (non-hydrogen) atoms. The zero-order valence-electron chi connectivity index (χ0n) is 17.8. The van der Waals surface area contributed by atoms with E-state index in [1.54, 1.807) is 0 Å². The van der Waals surface area contributed by atoms with Crippen LogP contribution in [0.2, 0.25) is 0 Å². The van der Waals surface area contributed by atoms with Crippen LogP contribution in [-0.4, -0.2) is 52.9 Å². The number of benzene rings is 2. The Morgan fingerprint density at radius 2 is 1.83 bits per heavy atom. The molecule has 3 aromatic rings. The first-order valence-electron chi connectivity index (χ1n) is 11.4. The van der Waals surface area contributed by atoms with Gasteiger partial charge in [0.2, 0.25) is 0 Å². The third kappa shape index (κ3) is 3.77. The topological polar surface area (TPSA) is 39.3 Å². The summed E-state index contributed by atoms with van der Waals surface area (Å²) in [7, 11) is 0. The fraction of sp³-hybridized carbons (Fsp3) is 0.423. The molecular formula is C26H31N3O. The van der Waals surface area contributed by atoms with Crippen LogP contribution in [0, 0.1) is 5.92 Å². The van der Waals surface area contributed by atoms with Crippen molar-refractivity contribution in [1.29, 1.82) is 0 Å². The van der Waals surface area contributed by atoms with Gasteiger partial charge in [0.05, 0.1) is 0 Å². The number of piperidine rings is 1. The zero-order chi connectivity index (χ0) is 20.5. The summed E-state index contributed by atoms with van der Waals surface area (Å²) in [4.78, 5) is 21.2. The minimum Gasteiger partial charge on any atom is -0.351 e. The van der Waals surface area contributed by atoms with Gasteiger partial charge in [-0.2, -0.15) is 0 Å². The Bertz CT molecular complexity index is 981. The van der Waals surface area contributed by atoms with Crippen molar-refractivity contribution in [1.82, 2.24) is 14.8 Å². The van der Waals surface area contributed by atoms with E-state index >= 15 is 0 Å². The van der Waals surface area contributed by atoms with Crippen LogP contribution >= 0.6 is 0 Å². The first kappa shape index (κ1) is 19.4. The Morgan fingerprint density at radius 1 is 1.10 bits per heavy atom. The van der Waals surface area contributed by atoms with Gasteiger partial charge >= 0.3 is 0 Å². The van der Waals surface area contributed by atoms with Crippen molar-refractivity contribution in [2.75, 3.05) is 26.2 Å². The van der Waals surface area contributed by atoms with E-state index < -0.39 is 0 Å². The second kappa shape index (κ2) is 8.27. The second-order valence-electron chi connectivity index (χ2n) is 8.95. The van der Waals surface area contributed by atoms with Crippen molar-refractivity contribution in [2.24, 2.45) is 5.92 Å². The normalized spacial score (nSPS) is 19.8. The largest absolute Gasteiger partial charge is 0.351 e. The van der Waals surface area contributed by atoms with E-state index in [0.29, 0.717) is 17.7 Å². The molecule has 1 saturated heterocycles.